The lowest BCUT2D eigenvalue weighted by molar-refractivity contribution is -0.148. The van der Waals surface area contributed by atoms with Gasteiger partial charge in [0.25, 0.3) is 5.91 Å². The van der Waals surface area contributed by atoms with Crippen molar-refractivity contribution in [3.8, 4) is 5.75 Å². The summed E-state index contributed by atoms with van der Waals surface area (Å²) in [7, 11) is 1.45. The zero-order valence-corrected chi connectivity index (χ0v) is 14.9. The van der Waals surface area contributed by atoms with Crippen molar-refractivity contribution in [1.82, 2.24) is 4.90 Å². The van der Waals surface area contributed by atoms with Crippen LogP contribution in [0.1, 0.15) is 5.56 Å². The van der Waals surface area contributed by atoms with E-state index in [9.17, 15) is 19.5 Å². The average molecular weight is 368 g/mol. The van der Waals surface area contributed by atoms with E-state index in [1.165, 1.54) is 16.8 Å². The van der Waals surface area contributed by atoms with Gasteiger partial charge in [-0.1, -0.05) is 42.5 Å². The Hall–Kier alpha value is -3.35. The molecule has 7 heteroatoms. The van der Waals surface area contributed by atoms with Gasteiger partial charge < -0.3 is 14.7 Å². The van der Waals surface area contributed by atoms with Crippen LogP contribution in [-0.4, -0.2) is 54.0 Å². The molecule has 2 amide bonds. The topological polar surface area (TPSA) is 87.2 Å². The Morgan fingerprint density at radius 1 is 1.15 bits per heavy atom. The summed E-state index contributed by atoms with van der Waals surface area (Å²) in [6.45, 7) is -0.394. The molecule has 0 fully saturated rings. The highest BCUT2D eigenvalue weighted by Crippen LogP contribution is 2.31. The van der Waals surface area contributed by atoms with Crippen molar-refractivity contribution in [1.29, 1.82) is 0 Å². The van der Waals surface area contributed by atoms with Gasteiger partial charge in [0.05, 0.1) is 5.69 Å². The van der Waals surface area contributed by atoms with Crippen LogP contribution in [0.15, 0.2) is 54.6 Å². The molecule has 0 saturated heterocycles. The van der Waals surface area contributed by atoms with Crippen LogP contribution in [-0.2, 0) is 20.8 Å². The van der Waals surface area contributed by atoms with E-state index >= 15 is 0 Å². The zero-order chi connectivity index (χ0) is 19.4. The van der Waals surface area contributed by atoms with Crippen molar-refractivity contribution in [2.24, 2.45) is 0 Å². The maximum absolute atomic E-state index is 12.7. The first kappa shape index (κ1) is 18.4. The fourth-order valence-electron chi connectivity index (χ4n) is 2.98. The molecule has 27 heavy (non-hydrogen) atoms. The molecule has 1 aliphatic rings. The van der Waals surface area contributed by atoms with Gasteiger partial charge in [0, 0.05) is 13.5 Å². The molecule has 1 atom stereocenters. The Bertz CT molecular complexity index is 852. The van der Waals surface area contributed by atoms with Crippen LogP contribution in [0.25, 0.3) is 0 Å². The van der Waals surface area contributed by atoms with E-state index in [2.05, 4.69) is 0 Å². The third-order valence-electron chi connectivity index (χ3n) is 4.52. The number of carboxylic acid groups (broad SMARTS) is 1. The van der Waals surface area contributed by atoms with Crippen LogP contribution in [0.4, 0.5) is 5.69 Å². The summed E-state index contributed by atoms with van der Waals surface area (Å²) in [5.41, 5.74) is 1.32. The summed E-state index contributed by atoms with van der Waals surface area (Å²) < 4.78 is 5.36. The first-order valence-electron chi connectivity index (χ1n) is 8.52. The van der Waals surface area contributed by atoms with E-state index in [4.69, 9.17) is 4.74 Å². The van der Waals surface area contributed by atoms with Crippen molar-refractivity contribution in [2.75, 3.05) is 25.1 Å². The number of hydrogen-bond donors (Lipinski definition) is 1. The minimum atomic E-state index is -1.09. The number of ether oxygens (including phenoxy) is 1. The van der Waals surface area contributed by atoms with E-state index in [0.29, 0.717) is 11.4 Å². The molecule has 1 aliphatic heterocycles. The summed E-state index contributed by atoms with van der Waals surface area (Å²) in [6.07, 6.45) is 0.187. The molecule has 1 N–H and O–H groups in total. The number of para-hydroxylation sites is 2. The number of hydrogen-bond acceptors (Lipinski definition) is 4. The maximum Gasteiger partial charge on any atom is 0.326 e. The summed E-state index contributed by atoms with van der Waals surface area (Å²) >= 11 is 0. The Morgan fingerprint density at radius 3 is 2.52 bits per heavy atom. The molecular formula is C20H20N2O5. The number of anilines is 1. The van der Waals surface area contributed by atoms with Gasteiger partial charge in [0.15, 0.2) is 6.61 Å². The summed E-state index contributed by atoms with van der Waals surface area (Å²) in [4.78, 5) is 39.2. The minimum absolute atomic E-state index is 0.152. The number of carboxylic acids is 1. The van der Waals surface area contributed by atoms with Gasteiger partial charge in [-0.2, -0.15) is 0 Å². The lowest BCUT2D eigenvalue weighted by Gasteiger charge is -2.31. The fourth-order valence-corrected chi connectivity index (χ4v) is 2.98. The fraction of sp³-hybridized carbons (Fsp3) is 0.250. The molecule has 1 heterocycles. The number of carbonyl (C=O) groups is 3. The van der Waals surface area contributed by atoms with Gasteiger partial charge in [0.1, 0.15) is 18.3 Å². The molecule has 0 bridgehead atoms. The molecule has 2 aromatic rings. The first-order valence-corrected chi connectivity index (χ1v) is 8.52. The van der Waals surface area contributed by atoms with Crippen LogP contribution in [0.3, 0.4) is 0 Å². The molecule has 0 aliphatic carbocycles. The third kappa shape index (κ3) is 4.08. The first-order chi connectivity index (χ1) is 13.0. The zero-order valence-electron chi connectivity index (χ0n) is 14.9. The highest BCUT2D eigenvalue weighted by molar-refractivity contribution is 6.02. The van der Waals surface area contributed by atoms with Gasteiger partial charge in [-0.05, 0) is 17.7 Å². The molecule has 0 aromatic heterocycles. The lowest BCUT2D eigenvalue weighted by atomic mass is 10.0. The molecule has 0 spiro atoms. The Kier molecular flexibility index (Phi) is 5.40. The van der Waals surface area contributed by atoms with Gasteiger partial charge in [-0.25, -0.2) is 4.79 Å². The lowest BCUT2D eigenvalue weighted by Crippen LogP contribution is -2.50. The SMILES string of the molecule is CN(C(=O)CN1C(=O)COc2ccccc21)C(Cc1ccccc1)C(=O)O. The van der Waals surface area contributed by atoms with Crippen molar-refractivity contribution in [3.63, 3.8) is 0 Å². The van der Waals surface area contributed by atoms with Crippen LogP contribution in [0, 0.1) is 0 Å². The van der Waals surface area contributed by atoms with Crippen LogP contribution in [0.5, 0.6) is 5.75 Å². The normalized spacial score (nSPS) is 14.1. The van der Waals surface area contributed by atoms with Crippen molar-refractivity contribution >= 4 is 23.5 Å². The van der Waals surface area contributed by atoms with E-state index in [1.54, 1.807) is 24.3 Å². The highest BCUT2D eigenvalue weighted by Gasteiger charge is 2.32. The van der Waals surface area contributed by atoms with Gasteiger partial charge in [-0.15, -0.1) is 0 Å². The predicted molar refractivity (Wildman–Crippen MR) is 98.6 cm³/mol. The molecular weight excluding hydrogens is 348 g/mol. The van der Waals surface area contributed by atoms with Crippen molar-refractivity contribution in [2.45, 2.75) is 12.5 Å². The predicted octanol–water partition coefficient (Wildman–Crippen LogP) is 1.57. The number of aliphatic carboxylic acids is 1. The van der Waals surface area contributed by atoms with Gasteiger partial charge in [-0.3, -0.25) is 14.5 Å². The minimum Gasteiger partial charge on any atom is -0.482 e. The van der Waals surface area contributed by atoms with Crippen LogP contribution >= 0.6 is 0 Å². The second-order valence-corrected chi connectivity index (χ2v) is 6.28. The number of carbonyl (C=O) groups excluding carboxylic acids is 2. The summed E-state index contributed by atoms with van der Waals surface area (Å²) in [5.74, 6) is -1.37. The molecule has 2 aromatic carbocycles. The molecule has 140 valence electrons. The largest absolute Gasteiger partial charge is 0.482 e. The average Bonchev–Trinajstić information content (AvgIpc) is 2.68. The van der Waals surface area contributed by atoms with E-state index in [0.717, 1.165) is 5.56 Å². The van der Waals surface area contributed by atoms with Gasteiger partial charge >= 0.3 is 5.97 Å². The number of rotatable bonds is 6. The summed E-state index contributed by atoms with van der Waals surface area (Å²) in [5, 5.41) is 9.58. The summed E-state index contributed by atoms with van der Waals surface area (Å²) in [6, 6.07) is 15.0. The number of amides is 2. The Balaban J connectivity index is 1.76. The number of nitrogens with zero attached hydrogens (tertiary/aromatic N) is 2. The monoisotopic (exact) mass is 368 g/mol. The number of benzene rings is 2. The van der Waals surface area contributed by atoms with Crippen LogP contribution in [0.2, 0.25) is 0 Å². The van der Waals surface area contributed by atoms with Crippen LogP contribution < -0.4 is 9.64 Å². The Labute approximate surface area is 156 Å². The van der Waals surface area contributed by atoms with Gasteiger partial charge in [0.2, 0.25) is 5.91 Å². The van der Waals surface area contributed by atoms with Crippen molar-refractivity contribution < 1.29 is 24.2 Å². The highest BCUT2D eigenvalue weighted by atomic mass is 16.5. The standard InChI is InChI=1S/C20H20N2O5/c1-21(16(20(25)26)11-14-7-3-2-4-8-14)18(23)12-22-15-9-5-6-10-17(15)27-13-19(22)24/h2-10,16H,11-13H2,1H3,(H,25,26). The van der Waals surface area contributed by atoms with E-state index in [1.807, 2.05) is 30.3 Å². The third-order valence-corrected chi connectivity index (χ3v) is 4.52. The quantitative estimate of drug-likeness (QED) is 0.836. The Morgan fingerprint density at radius 2 is 1.81 bits per heavy atom. The van der Waals surface area contributed by atoms with E-state index < -0.39 is 17.9 Å². The smallest absolute Gasteiger partial charge is 0.326 e. The molecule has 3 rings (SSSR count). The molecule has 0 saturated carbocycles. The van der Waals surface area contributed by atoms with E-state index in [-0.39, 0.29) is 25.5 Å². The molecule has 1 unspecified atom stereocenters. The molecule has 0 radical (unpaired) electrons. The number of fused-ring (bicyclic) bond motifs is 1. The maximum atomic E-state index is 12.7. The van der Waals surface area contributed by atoms with Crippen molar-refractivity contribution in [3.05, 3.63) is 60.2 Å². The second kappa shape index (κ2) is 7.90. The number of likely N-dealkylation sites (N-methyl/N-ethyl adjacent to an activating group) is 1. The second-order valence-electron chi connectivity index (χ2n) is 6.28. The molecule has 7 nitrogen and oxygen atoms in total.